The summed E-state index contributed by atoms with van der Waals surface area (Å²) >= 11 is 0. The van der Waals surface area contributed by atoms with Gasteiger partial charge in [0.25, 0.3) is 5.91 Å². The Morgan fingerprint density at radius 2 is 1.89 bits per heavy atom. The number of carbonyl (C=O) groups excluding carboxylic acids is 1. The van der Waals surface area contributed by atoms with Crippen molar-refractivity contribution < 1.29 is 9.53 Å². The lowest BCUT2D eigenvalue weighted by Crippen LogP contribution is -2.33. The number of amides is 1. The van der Waals surface area contributed by atoms with Gasteiger partial charge in [0.2, 0.25) is 0 Å². The van der Waals surface area contributed by atoms with E-state index >= 15 is 0 Å². The van der Waals surface area contributed by atoms with Crippen molar-refractivity contribution in [2.24, 2.45) is 5.92 Å². The minimum absolute atomic E-state index is 0.0421. The summed E-state index contributed by atoms with van der Waals surface area (Å²) < 4.78 is 5.47. The number of piperidine rings is 1. The van der Waals surface area contributed by atoms with Crippen LogP contribution in [0.5, 0.6) is 5.75 Å². The first-order valence-corrected chi connectivity index (χ1v) is 10.4. The maximum Gasteiger partial charge on any atom is 0.251 e. The Kier molecular flexibility index (Phi) is 7.10. The maximum atomic E-state index is 12.6. The second-order valence-corrected chi connectivity index (χ2v) is 7.88. The standard InChI is InChI=1S/C24H32N2O2/c1-4-28-23-13-11-21(12-14-23)19(3)25-24(27)22-9-7-20(8-10-22)17-26-15-5-6-18(2)16-26/h7-14,18-19H,4-6,15-17H2,1-3H3,(H,25,27)/t18-,19+/m0/s1. The van der Waals surface area contributed by atoms with Crippen LogP contribution >= 0.6 is 0 Å². The van der Waals surface area contributed by atoms with Crippen LogP contribution in [0, 0.1) is 5.92 Å². The van der Waals surface area contributed by atoms with Crippen molar-refractivity contribution in [1.82, 2.24) is 10.2 Å². The summed E-state index contributed by atoms with van der Waals surface area (Å²) in [6.07, 6.45) is 2.62. The molecule has 2 aromatic rings. The number of likely N-dealkylation sites (tertiary alicyclic amines) is 1. The summed E-state index contributed by atoms with van der Waals surface area (Å²) in [4.78, 5) is 15.1. The van der Waals surface area contributed by atoms with E-state index in [4.69, 9.17) is 4.74 Å². The molecule has 1 saturated heterocycles. The Bertz CT molecular complexity index is 755. The summed E-state index contributed by atoms with van der Waals surface area (Å²) in [6, 6.07) is 15.8. The highest BCUT2D eigenvalue weighted by Crippen LogP contribution is 2.20. The smallest absolute Gasteiger partial charge is 0.251 e. The molecular weight excluding hydrogens is 348 g/mol. The van der Waals surface area contributed by atoms with Crippen molar-refractivity contribution >= 4 is 5.91 Å². The van der Waals surface area contributed by atoms with Gasteiger partial charge in [-0.25, -0.2) is 0 Å². The van der Waals surface area contributed by atoms with Gasteiger partial charge in [-0.1, -0.05) is 31.2 Å². The van der Waals surface area contributed by atoms with E-state index in [2.05, 4.69) is 29.3 Å². The van der Waals surface area contributed by atoms with E-state index in [0.29, 0.717) is 12.2 Å². The summed E-state index contributed by atoms with van der Waals surface area (Å²) in [7, 11) is 0. The van der Waals surface area contributed by atoms with Crippen LogP contribution in [-0.2, 0) is 6.54 Å². The van der Waals surface area contributed by atoms with Gasteiger partial charge in [0.15, 0.2) is 0 Å². The van der Waals surface area contributed by atoms with Crippen LogP contribution < -0.4 is 10.1 Å². The fourth-order valence-corrected chi connectivity index (χ4v) is 3.83. The van der Waals surface area contributed by atoms with E-state index in [1.807, 2.05) is 50.2 Å². The molecule has 28 heavy (non-hydrogen) atoms. The highest BCUT2D eigenvalue weighted by Gasteiger charge is 2.16. The zero-order chi connectivity index (χ0) is 19.9. The van der Waals surface area contributed by atoms with E-state index in [1.165, 1.54) is 31.5 Å². The van der Waals surface area contributed by atoms with Crippen LogP contribution in [0.4, 0.5) is 0 Å². The van der Waals surface area contributed by atoms with Crippen LogP contribution in [0.15, 0.2) is 48.5 Å². The molecule has 0 unspecified atom stereocenters. The first-order chi connectivity index (χ1) is 13.5. The third kappa shape index (κ3) is 5.59. The van der Waals surface area contributed by atoms with Crippen LogP contribution in [-0.4, -0.2) is 30.5 Å². The monoisotopic (exact) mass is 380 g/mol. The minimum atomic E-state index is -0.0577. The SMILES string of the molecule is CCOc1ccc([C@@H](C)NC(=O)c2ccc(CN3CCC[C@H](C)C3)cc2)cc1. The van der Waals surface area contributed by atoms with Gasteiger partial charge >= 0.3 is 0 Å². The summed E-state index contributed by atoms with van der Waals surface area (Å²) in [5.74, 6) is 1.59. The maximum absolute atomic E-state index is 12.6. The molecule has 0 spiro atoms. The van der Waals surface area contributed by atoms with Gasteiger partial charge in [-0.05, 0) is 74.5 Å². The lowest BCUT2D eigenvalue weighted by atomic mass is 9.99. The average molecular weight is 381 g/mol. The summed E-state index contributed by atoms with van der Waals surface area (Å²) in [5, 5.41) is 3.08. The zero-order valence-corrected chi connectivity index (χ0v) is 17.3. The van der Waals surface area contributed by atoms with Crippen molar-refractivity contribution in [3.05, 3.63) is 65.2 Å². The second kappa shape index (κ2) is 9.74. The third-order valence-corrected chi connectivity index (χ3v) is 5.40. The molecule has 4 nitrogen and oxygen atoms in total. The number of benzene rings is 2. The quantitative estimate of drug-likeness (QED) is 0.750. The number of carbonyl (C=O) groups is 1. The van der Waals surface area contributed by atoms with Gasteiger partial charge in [-0.3, -0.25) is 9.69 Å². The summed E-state index contributed by atoms with van der Waals surface area (Å²) in [6.45, 7) is 10.3. The molecule has 1 aliphatic heterocycles. The molecule has 0 aromatic heterocycles. The van der Waals surface area contributed by atoms with Crippen molar-refractivity contribution in [1.29, 1.82) is 0 Å². The molecule has 0 bridgehead atoms. The van der Waals surface area contributed by atoms with Gasteiger partial charge in [0.1, 0.15) is 5.75 Å². The van der Waals surface area contributed by atoms with Crippen molar-refractivity contribution in [3.8, 4) is 5.75 Å². The van der Waals surface area contributed by atoms with E-state index in [-0.39, 0.29) is 11.9 Å². The Labute approximate surface area is 168 Å². The molecule has 1 heterocycles. The molecule has 2 aromatic carbocycles. The predicted octanol–water partition coefficient (Wildman–Crippen LogP) is 4.81. The highest BCUT2D eigenvalue weighted by atomic mass is 16.5. The Balaban J connectivity index is 1.55. The molecule has 1 fully saturated rings. The molecule has 1 aliphatic rings. The number of hydrogen-bond acceptors (Lipinski definition) is 3. The van der Waals surface area contributed by atoms with Crippen LogP contribution in [0.25, 0.3) is 0 Å². The van der Waals surface area contributed by atoms with Gasteiger partial charge in [-0.2, -0.15) is 0 Å². The van der Waals surface area contributed by atoms with Gasteiger partial charge in [0, 0.05) is 18.7 Å². The van der Waals surface area contributed by atoms with E-state index in [0.717, 1.165) is 23.8 Å². The molecule has 1 amide bonds. The molecule has 3 rings (SSSR count). The molecular formula is C24H32N2O2. The van der Waals surface area contributed by atoms with Crippen molar-refractivity contribution in [3.63, 3.8) is 0 Å². The first kappa shape index (κ1) is 20.4. The van der Waals surface area contributed by atoms with Gasteiger partial charge in [-0.15, -0.1) is 0 Å². The number of nitrogens with one attached hydrogen (secondary N) is 1. The van der Waals surface area contributed by atoms with Crippen molar-refractivity contribution in [2.45, 2.75) is 46.2 Å². The number of rotatable bonds is 7. The normalized spacial score (nSPS) is 18.5. The largest absolute Gasteiger partial charge is 0.494 e. The van der Waals surface area contributed by atoms with E-state index in [1.54, 1.807) is 0 Å². The second-order valence-electron chi connectivity index (χ2n) is 7.88. The Hall–Kier alpha value is -2.33. The highest BCUT2D eigenvalue weighted by molar-refractivity contribution is 5.94. The van der Waals surface area contributed by atoms with Gasteiger partial charge < -0.3 is 10.1 Å². The molecule has 2 atom stereocenters. The first-order valence-electron chi connectivity index (χ1n) is 10.4. The van der Waals surface area contributed by atoms with Crippen LogP contribution in [0.3, 0.4) is 0 Å². The molecule has 150 valence electrons. The molecule has 0 saturated carbocycles. The lowest BCUT2D eigenvalue weighted by Gasteiger charge is -2.30. The topological polar surface area (TPSA) is 41.6 Å². The molecule has 4 heteroatoms. The number of hydrogen-bond donors (Lipinski definition) is 1. The fourth-order valence-electron chi connectivity index (χ4n) is 3.83. The van der Waals surface area contributed by atoms with Crippen molar-refractivity contribution in [2.75, 3.05) is 19.7 Å². The zero-order valence-electron chi connectivity index (χ0n) is 17.3. The Morgan fingerprint density at radius 1 is 1.18 bits per heavy atom. The third-order valence-electron chi connectivity index (χ3n) is 5.40. The Morgan fingerprint density at radius 3 is 2.54 bits per heavy atom. The van der Waals surface area contributed by atoms with Gasteiger partial charge in [0.05, 0.1) is 12.6 Å². The molecule has 0 aliphatic carbocycles. The minimum Gasteiger partial charge on any atom is -0.494 e. The average Bonchev–Trinajstić information content (AvgIpc) is 2.69. The molecule has 1 N–H and O–H groups in total. The number of nitrogens with zero attached hydrogens (tertiary/aromatic N) is 1. The van der Waals surface area contributed by atoms with Crippen LogP contribution in [0.2, 0.25) is 0 Å². The fraction of sp³-hybridized carbons (Fsp3) is 0.458. The number of ether oxygens (including phenoxy) is 1. The lowest BCUT2D eigenvalue weighted by molar-refractivity contribution is 0.0940. The summed E-state index contributed by atoms with van der Waals surface area (Å²) in [5.41, 5.74) is 3.03. The predicted molar refractivity (Wildman–Crippen MR) is 114 cm³/mol. The van der Waals surface area contributed by atoms with E-state index in [9.17, 15) is 4.79 Å². The van der Waals surface area contributed by atoms with E-state index < -0.39 is 0 Å². The molecule has 0 radical (unpaired) electrons. The van der Waals surface area contributed by atoms with Crippen LogP contribution in [0.1, 0.15) is 61.1 Å².